The highest BCUT2D eigenvalue weighted by atomic mass is 19.1. The van der Waals surface area contributed by atoms with Crippen LogP contribution in [0, 0.1) is 5.82 Å². The molecule has 112 valence electrons. The fraction of sp³-hybridized carbons (Fsp3) is 0.312. The van der Waals surface area contributed by atoms with E-state index >= 15 is 0 Å². The van der Waals surface area contributed by atoms with E-state index in [1.54, 1.807) is 18.3 Å². The Morgan fingerprint density at radius 2 is 1.95 bits per heavy atom. The summed E-state index contributed by atoms with van der Waals surface area (Å²) in [7, 11) is 1.90. The van der Waals surface area contributed by atoms with Gasteiger partial charge in [0.1, 0.15) is 11.6 Å². The van der Waals surface area contributed by atoms with E-state index in [0.29, 0.717) is 6.54 Å². The van der Waals surface area contributed by atoms with Gasteiger partial charge in [0.05, 0.1) is 18.5 Å². The van der Waals surface area contributed by atoms with Crippen molar-refractivity contribution < 1.29 is 9.50 Å². The molecule has 0 saturated carbocycles. The zero-order valence-electron chi connectivity index (χ0n) is 12.3. The summed E-state index contributed by atoms with van der Waals surface area (Å²) in [5, 5.41) is 12.2. The van der Waals surface area contributed by atoms with E-state index in [1.807, 2.05) is 31.0 Å². The maximum atomic E-state index is 12.9. The average molecular weight is 289 g/mol. The maximum absolute atomic E-state index is 12.9. The monoisotopic (exact) mass is 289 g/mol. The van der Waals surface area contributed by atoms with Crippen molar-refractivity contribution in [1.82, 2.24) is 4.98 Å². The van der Waals surface area contributed by atoms with Crippen molar-refractivity contribution in [1.29, 1.82) is 0 Å². The van der Waals surface area contributed by atoms with E-state index in [9.17, 15) is 4.39 Å². The summed E-state index contributed by atoms with van der Waals surface area (Å²) in [6, 6.07) is 10.3. The third kappa shape index (κ3) is 4.16. The number of rotatable bonds is 6. The SMILES string of the molecule is CC(Nc1ccc(N(C)CCO)cn1)c1ccc(F)cc1. The Labute approximate surface area is 124 Å². The van der Waals surface area contributed by atoms with E-state index in [2.05, 4.69) is 10.3 Å². The van der Waals surface area contributed by atoms with Gasteiger partial charge in [0.2, 0.25) is 0 Å². The van der Waals surface area contributed by atoms with Crippen molar-refractivity contribution in [2.24, 2.45) is 0 Å². The van der Waals surface area contributed by atoms with Crippen LogP contribution in [0.1, 0.15) is 18.5 Å². The predicted octanol–water partition coefficient (Wildman–Crippen LogP) is 2.82. The second-order valence-corrected chi connectivity index (χ2v) is 4.96. The molecule has 2 N–H and O–H groups in total. The number of aromatic nitrogens is 1. The van der Waals surface area contributed by atoms with Crippen molar-refractivity contribution in [3.05, 3.63) is 54.0 Å². The molecule has 0 bridgehead atoms. The normalized spacial score (nSPS) is 12.0. The Bertz CT molecular complexity index is 557. The molecular weight excluding hydrogens is 269 g/mol. The van der Waals surface area contributed by atoms with Gasteiger partial charge in [-0.1, -0.05) is 12.1 Å². The van der Waals surface area contributed by atoms with E-state index in [0.717, 1.165) is 17.1 Å². The molecule has 0 fully saturated rings. The lowest BCUT2D eigenvalue weighted by Crippen LogP contribution is -2.21. The Hall–Kier alpha value is -2.14. The van der Waals surface area contributed by atoms with Gasteiger partial charge < -0.3 is 15.3 Å². The minimum Gasteiger partial charge on any atom is -0.395 e. The molecule has 1 unspecified atom stereocenters. The van der Waals surface area contributed by atoms with Gasteiger partial charge >= 0.3 is 0 Å². The molecule has 21 heavy (non-hydrogen) atoms. The van der Waals surface area contributed by atoms with Gasteiger partial charge in [0.15, 0.2) is 0 Å². The Balaban J connectivity index is 2.01. The fourth-order valence-corrected chi connectivity index (χ4v) is 2.03. The first-order valence-electron chi connectivity index (χ1n) is 6.90. The molecule has 2 aromatic rings. The molecule has 1 aromatic carbocycles. The minimum absolute atomic E-state index is 0.0409. The zero-order valence-corrected chi connectivity index (χ0v) is 12.3. The summed E-state index contributed by atoms with van der Waals surface area (Å²) < 4.78 is 12.9. The number of hydrogen-bond donors (Lipinski definition) is 2. The third-order valence-electron chi connectivity index (χ3n) is 3.36. The maximum Gasteiger partial charge on any atom is 0.126 e. The quantitative estimate of drug-likeness (QED) is 0.858. The topological polar surface area (TPSA) is 48.4 Å². The standard InChI is InChI=1S/C16H20FN3O/c1-12(13-3-5-14(17)6-4-13)19-16-8-7-15(11-18-16)20(2)9-10-21/h3-8,11-12,21H,9-10H2,1-2H3,(H,18,19). The number of pyridine rings is 1. The average Bonchev–Trinajstić information content (AvgIpc) is 2.49. The molecule has 4 nitrogen and oxygen atoms in total. The lowest BCUT2D eigenvalue weighted by atomic mass is 10.1. The first-order valence-corrected chi connectivity index (χ1v) is 6.90. The number of hydrogen-bond acceptors (Lipinski definition) is 4. The van der Waals surface area contributed by atoms with Crippen LogP contribution < -0.4 is 10.2 Å². The van der Waals surface area contributed by atoms with Crippen molar-refractivity contribution in [2.45, 2.75) is 13.0 Å². The van der Waals surface area contributed by atoms with Gasteiger partial charge in [0, 0.05) is 19.6 Å². The summed E-state index contributed by atoms with van der Waals surface area (Å²) in [4.78, 5) is 6.29. The second-order valence-electron chi connectivity index (χ2n) is 4.96. The van der Waals surface area contributed by atoms with Crippen molar-refractivity contribution in [2.75, 3.05) is 30.4 Å². The van der Waals surface area contributed by atoms with Gasteiger partial charge in [0.25, 0.3) is 0 Å². The largest absolute Gasteiger partial charge is 0.395 e. The van der Waals surface area contributed by atoms with Gasteiger partial charge in [-0.3, -0.25) is 0 Å². The van der Waals surface area contributed by atoms with E-state index < -0.39 is 0 Å². The number of benzene rings is 1. The number of halogens is 1. The molecule has 0 aliphatic heterocycles. The highest BCUT2D eigenvalue weighted by Crippen LogP contribution is 2.20. The summed E-state index contributed by atoms with van der Waals surface area (Å²) >= 11 is 0. The van der Waals surface area contributed by atoms with Crippen LogP contribution in [0.15, 0.2) is 42.6 Å². The molecule has 0 saturated heterocycles. The van der Waals surface area contributed by atoms with Gasteiger partial charge in [-0.15, -0.1) is 0 Å². The molecule has 0 aliphatic carbocycles. The van der Waals surface area contributed by atoms with Gasteiger partial charge in [-0.05, 0) is 36.8 Å². The molecule has 0 radical (unpaired) electrons. The molecule has 5 heteroatoms. The van der Waals surface area contributed by atoms with Crippen LogP contribution >= 0.6 is 0 Å². The van der Waals surface area contributed by atoms with Crippen LogP contribution in [-0.4, -0.2) is 30.3 Å². The van der Waals surface area contributed by atoms with Crippen molar-refractivity contribution >= 4 is 11.5 Å². The van der Waals surface area contributed by atoms with Crippen molar-refractivity contribution in [3.63, 3.8) is 0 Å². The second kappa shape index (κ2) is 7.04. The Morgan fingerprint density at radius 1 is 1.24 bits per heavy atom. The van der Waals surface area contributed by atoms with Crippen LogP contribution in [0.25, 0.3) is 0 Å². The number of aliphatic hydroxyl groups is 1. The number of likely N-dealkylation sites (N-methyl/N-ethyl adjacent to an activating group) is 1. The Kier molecular flexibility index (Phi) is 5.11. The molecule has 0 aliphatic rings. The number of nitrogens with zero attached hydrogens (tertiary/aromatic N) is 2. The van der Waals surface area contributed by atoms with Gasteiger partial charge in [-0.2, -0.15) is 0 Å². The Morgan fingerprint density at radius 3 is 2.52 bits per heavy atom. The number of anilines is 2. The summed E-state index contributed by atoms with van der Waals surface area (Å²) in [6.07, 6.45) is 1.76. The van der Waals surface area contributed by atoms with E-state index in [1.165, 1.54) is 12.1 Å². The summed E-state index contributed by atoms with van der Waals surface area (Å²) in [5.74, 6) is 0.522. The highest BCUT2D eigenvalue weighted by molar-refractivity contribution is 5.49. The molecule has 1 atom stereocenters. The fourth-order valence-electron chi connectivity index (χ4n) is 2.03. The van der Waals surface area contributed by atoms with Crippen LogP contribution in [0.4, 0.5) is 15.9 Å². The summed E-state index contributed by atoms with van der Waals surface area (Å²) in [5.41, 5.74) is 1.95. The molecule has 1 heterocycles. The predicted molar refractivity (Wildman–Crippen MR) is 83.0 cm³/mol. The van der Waals surface area contributed by atoms with Gasteiger partial charge in [-0.25, -0.2) is 9.37 Å². The van der Waals surface area contributed by atoms with Crippen LogP contribution in [0.3, 0.4) is 0 Å². The first-order chi connectivity index (χ1) is 10.1. The number of nitrogens with one attached hydrogen (secondary N) is 1. The first kappa shape index (κ1) is 15.3. The molecular formula is C16H20FN3O. The lowest BCUT2D eigenvalue weighted by molar-refractivity contribution is 0.304. The molecule has 1 aromatic heterocycles. The van der Waals surface area contributed by atoms with E-state index in [4.69, 9.17) is 5.11 Å². The summed E-state index contributed by atoms with van der Waals surface area (Å²) in [6.45, 7) is 2.68. The van der Waals surface area contributed by atoms with Crippen molar-refractivity contribution in [3.8, 4) is 0 Å². The number of aliphatic hydroxyl groups excluding tert-OH is 1. The zero-order chi connectivity index (χ0) is 15.2. The molecule has 2 rings (SSSR count). The molecule has 0 spiro atoms. The van der Waals surface area contributed by atoms with Crippen LogP contribution in [0.2, 0.25) is 0 Å². The van der Waals surface area contributed by atoms with Crippen LogP contribution in [-0.2, 0) is 0 Å². The van der Waals surface area contributed by atoms with E-state index in [-0.39, 0.29) is 18.5 Å². The third-order valence-corrected chi connectivity index (χ3v) is 3.36. The minimum atomic E-state index is -0.236. The lowest BCUT2D eigenvalue weighted by Gasteiger charge is -2.19. The van der Waals surface area contributed by atoms with Crippen LogP contribution in [0.5, 0.6) is 0 Å². The highest BCUT2D eigenvalue weighted by Gasteiger charge is 2.07. The smallest absolute Gasteiger partial charge is 0.126 e. The molecule has 0 amide bonds.